The largest absolute Gasteiger partial charge is 0.507 e. The van der Waals surface area contributed by atoms with Crippen molar-refractivity contribution in [2.45, 2.75) is 32.2 Å². The summed E-state index contributed by atoms with van der Waals surface area (Å²) in [6.45, 7) is 6.16. The van der Waals surface area contributed by atoms with Gasteiger partial charge < -0.3 is 19.3 Å². The number of halogens is 1. The van der Waals surface area contributed by atoms with E-state index in [2.05, 4.69) is 0 Å². The Morgan fingerprint density at radius 2 is 1.70 bits per heavy atom. The predicted octanol–water partition coefficient (Wildman–Crippen LogP) is 6.00. The average Bonchev–Trinajstić information content (AvgIpc) is 3.45. The second-order valence-corrected chi connectivity index (χ2v) is 10.4. The van der Waals surface area contributed by atoms with Crippen LogP contribution in [0.15, 0.2) is 66.2 Å². The second kappa shape index (κ2) is 9.16. The monoisotopic (exact) mass is 519 g/mol. The number of benzene rings is 3. The van der Waals surface area contributed by atoms with Crippen molar-refractivity contribution in [2.24, 2.45) is 0 Å². The van der Waals surface area contributed by atoms with E-state index in [4.69, 9.17) is 25.8 Å². The number of aliphatic hydroxyl groups excluding tert-OH is 1. The van der Waals surface area contributed by atoms with Crippen molar-refractivity contribution >= 4 is 34.7 Å². The van der Waals surface area contributed by atoms with Gasteiger partial charge in [-0.3, -0.25) is 14.5 Å². The molecular weight excluding hydrogens is 494 g/mol. The molecule has 1 unspecified atom stereocenters. The molecule has 2 heterocycles. The molecule has 1 N–H and O–H groups in total. The van der Waals surface area contributed by atoms with Crippen molar-refractivity contribution < 1.29 is 28.9 Å². The molecule has 0 bridgehead atoms. The highest BCUT2D eigenvalue weighted by atomic mass is 35.5. The maximum atomic E-state index is 13.5. The summed E-state index contributed by atoms with van der Waals surface area (Å²) in [7, 11) is 1.58. The molecule has 7 nitrogen and oxygen atoms in total. The Hall–Kier alpha value is -3.97. The molecule has 1 amide bonds. The van der Waals surface area contributed by atoms with Crippen LogP contribution in [-0.4, -0.2) is 30.7 Å². The maximum Gasteiger partial charge on any atom is 0.300 e. The van der Waals surface area contributed by atoms with Crippen LogP contribution >= 0.6 is 11.6 Å². The lowest BCUT2D eigenvalue weighted by Crippen LogP contribution is -2.29. The zero-order valence-corrected chi connectivity index (χ0v) is 21.6. The van der Waals surface area contributed by atoms with E-state index < -0.39 is 17.7 Å². The van der Waals surface area contributed by atoms with E-state index in [-0.39, 0.29) is 23.5 Å². The van der Waals surface area contributed by atoms with Gasteiger partial charge in [0.2, 0.25) is 6.79 Å². The van der Waals surface area contributed by atoms with Gasteiger partial charge in [0.25, 0.3) is 11.7 Å². The first kappa shape index (κ1) is 24.7. The summed E-state index contributed by atoms with van der Waals surface area (Å²) in [5, 5.41) is 12.0. The van der Waals surface area contributed by atoms with E-state index in [1.807, 2.05) is 20.8 Å². The quantitative estimate of drug-likeness (QED) is 0.258. The second-order valence-electron chi connectivity index (χ2n) is 9.92. The van der Waals surface area contributed by atoms with Gasteiger partial charge in [0.1, 0.15) is 11.5 Å². The third-order valence-corrected chi connectivity index (χ3v) is 6.80. The Morgan fingerprint density at radius 3 is 2.38 bits per heavy atom. The third kappa shape index (κ3) is 4.29. The Kier molecular flexibility index (Phi) is 6.12. The number of fused-ring (bicyclic) bond motifs is 1. The van der Waals surface area contributed by atoms with Crippen LogP contribution in [0.25, 0.3) is 5.76 Å². The third-order valence-electron chi connectivity index (χ3n) is 6.55. The summed E-state index contributed by atoms with van der Waals surface area (Å²) >= 11 is 6.13. The van der Waals surface area contributed by atoms with Gasteiger partial charge in [-0.2, -0.15) is 0 Å². The maximum absolute atomic E-state index is 13.5. The van der Waals surface area contributed by atoms with Crippen molar-refractivity contribution in [2.75, 3.05) is 18.8 Å². The van der Waals surface area contributed by atoms with Gasteiger partial charge >= 0.3 is 0 Å². The molecule has 2 aliphatic rings. The first-order chi connectivity index (χ1) is 17.6. The highest BCUT2D eigenvalue weighted by Crippen LogP contribution is 2.45. The molecule has 190 valence electrons. The number of aliphatic hydroxyl groups is 1. The molecular formula is C29H26ClNO6. The number of amides is 1. The number of rotatable bonds is 4. The Bertz CT molecular complexity index is 1440. The number of carbonyl (C=O) groups is 2. The number of Topliss-reactive ketones (excluding diaryl/α,β-unsaturated/α-hetero) is 1. The van der Waals surface area contributed by atoms with E-state index in [1.54, 1.807) is 67.8 Å². The molecule has 37 heavy (non-hydrogen) atoms. The highest BCUT2D eigenvalue weighted by molar-refractivity contribution is 6.51. The van der Waals surface area contributed by atoms with Crippen molar-refractivity contribution in [1.82, 2.24) is 0 Å². The van der Waals surface area contributed by atoms with E-state index in [1.165, 1.54) is 4.90 Å². The number of carbonyl (C=O) groups excluding carboxylic acids is 2. The minimum atomic E-state index is -0.891. The molecule has 1 fully saturated rings. The number of anilines is 1. The SMILES string of the molecule is COc1ccc(/C(O)=C2\C(=O)C(=O)N(c3ccc4c(c3)OCO4)C2c2ccc(Cl)cc2)cc1C(C)(C)C. The number of methoxy groups -OCH3 is 1. The summed E-state index contributed by atoms with van der Waals surface area (Å²) in [6.07, 6.45) is 0. The topological polar surface area (TPSA) is 85.3 Å². The number of ketones is 1. The summed E-state index contributed by atoms with van der Waals surface area (Å²) in [5.74, 6) is -0.127. The van der Waals surface area contributed by atoms with Crippen LogP contribution < -0.4 is 19.1 Å². The molecule has 0 aromatic heterocycles. The van der Waals surface area contributed by atoms with Crippen molar-refractivity contribution in [3.8, 4) is 17.2 Å². The molecule has 0 radical (unpaired) electrons. The molecule has 0 aliphatic carbocycles. The molecule has 2 aliphatic heterocycles. The van der Waals surface area contributed by atoms with Crippen molar-refractivity contribution in [1.29, 1.82) is 0 Å². The van der Waals surface area contributed by atoms with Gasteiger partial charge in [-0.05, 0) is 53.4 Å². The van der Waals surface area contributed by atoms with E-state index in [0.717, 1.165) is 5.56 Å². The number of hydrogen-bond donors (Lipinski definition) is 1. The fourth-order valence-corrected chi connectivity index (χ4v) is 4.82. The Labute approximate surface area is 219 Å². The molecule has 1 atom stereocenters. The number of hydrogen-bond acceptors (Lipinski definition) is 6. The first-order valence-electron chi connectivity index (χ1n) is 11.7. The summed E-state index contributed by atoms with van der Waals surface area (Å²) < 4.78 is 16.4. The summed E-state index contributed by atoms with van der Waals surface area (Å²) in [6, 6.07) is 16.2. The fraction of sp³-hybridized carbons (Fsp3) is 0.241. The summed E-state index contributed by atoms with van der Waals surface area (Å²) in [4.78, 5) is 28.3. The van der Waals surface area contributed by atoms with Crippen LogP contribution in [-0.2, 0) is 15.0 Å². The zero-order chi connectivity index (χ0) is 26.5. The van der Waals surface area contributed by atoms with Crippen LogP contribution in [0.1, 0.15) is 43.5 Å². The van der Waals surface area contributed by atoms with Crippen molar-refractivity contribution in [3.63, 3.8) is 0 Å². The molecule has 5 rings (SSSR count). The average molecular weight is 520 g/mol. The van der Waals surface area contributed by atoms with Crippen LogP contribution in [0.5, 0.6) is 17.2 Å². The molecule has 3 aromatic rings. The lowest BCUT2D eigenvalue weighted by molar-refractivity contribution is -0.132. The predicted molar refractivity (Wildman–Crippen MR) is 140 cm³/mol. The smallest absolute Gasteiger partial charge is 0.300 e. The first-order valence-corrected chi connectivity index (χ1v) is 12.1. The Balaban J connectivity index is 1.71. The van der Waals surface area contributed by atoms with Gasteiger partial charge in [-0.15, -0.1) is 0 Å². The van der Waals surface area contributed by atoms with Crippen LogP contribution in [0.3, 0.4) is 0 Å². The highest BCUT2D eigenvalue weighted by Gasteiger charge is 2.47. The standard InChI is InChI=1S/C29H26ClNO6/c1-29(2,3)20-13-17(7-11-21(20)35-4)26(32)24-25(16-5-8-18(30)9-6-16)31(28(34)27(24)33)19-10-12-22-23(14-19)37-15-36-22/h5-14,25,32H,15H2,1-4H3/b26-24+. The number of ether oxygens (including phenoxy) is 3. The Morgan fingerprint density at radius 1 is 1.00 bits per heavy atom. The lowest BCUT2D eigenvalue weighted by Gasteiger charge is -2.26. The molecule has 0 saturated carbocycles. The molecule has 3 aromatic carbocycles. The minimum absolute atomic E-state index is 0.0185. The number of nitrogens with zero attached hydrogens (tertiary/aromatic N) is 1. The molecule has 8 heteroatoms. The van der Waals surface area contributed by atoms with Crippen LogP contribution in [0.4, 0.5) is 5.69 Å². The normalized spacial score (nSPS) is 18.4. The van der Waals surface area contributed by atoms with Gasteiger partial charge in [0.15, 0.2) is 11.5 Å². The van der Waals surface area contributed by atoms with Crippen LogP contribution in [0.2, 0.25) is 5.02 Å². The van der Waals surface area contributed by atoms with Gasteiger partial charge in [0.05, 0.1) is 18.7 Å². The van der Waals surface area contributed by atoms with E-state index in [9.17, 15) is 14.7 Å². The fourth-order valence-electron chi connectivity index (χ4n) is 4.69. The van der Waals surface area contributed by atoms with Crippen molar-refractivity contribution in [3.05, 3.63) is 87.9 Å². The van der Waals surface area contributed by atoms with Gasteiger partial charge in [0, 0.05) is 27.9 Å². The minimum Gasteiger partial charge on any atom is -0.507 e. The van der Waals surface area contributed by atoms with Gasteiger partial charge in [-0.25, -0.2) is 0 Å². The lowest BCUT2D eigenvalue weighted by atomic mass is 9.84. The summed E-state index contributed by atoms with van der Waals surface area (Å²) in [5.41, 5.74) is 2.01. The molecule has 0 spiro atoms. The van der Waals surface area contributed by atoms with Crippen LogP contribution in [0, 0.1) is 0 Å². The van der Waals surface area contributed by atoms with E-state index >= 15 is 0 Å². The molecule has 1 saturated heterocycles. The van der Waals surface area contributed by atoms with Gasteiger partial charge in [-0.1, -0.05) is 44.5 Å². The zero-order valence-electron chi connectivity index (χ0n) is 20.9. The van der Waals surface area contributed by atoms with E-state index in [0.29, 0.717) is 39.1 Å².